The van der Waals surface area contributed by atoms with Crippen molar-refractivity contribution in [3.05, 3.63) is 54.4 Å². The predicted octanol–water partition coefficient (Wildman–Crippen LogP) is 1.93. The van der Waals surface area contributed by atoms with Crippen LogP contribution in [0, 0.1) is 0 Å². The van der Waals surface area contributed by atoms with Gasteiger partial charge < -0.3 is 20.9 Å². The van der Waals surface area contributed by atoms with Gasteiger partial charge in [-0.2, -0.15) is 0 Å². The van der Waals surface area contributed by atoms with Gasteiger partial charge in [0.25, 0.3) is 5.91 Å². The fourth-order valence-corrected chi connectivity index (χ4v) is 5.85. The van der Waals surface area contributed by atoms with Crippen molar-refractivity contribution in [3.63, 3.8) is 0 Å². The Morgan fingerprint density at radius 1 is 1.18 bits per heavy atom. The first-order valence-electron chi connectivity index (χ1n) is 11.8. The second-order valence-corrected chi connectivity index (χ2v) is 9.93. The summed E-state index contributed by atoms with van der Waals surface area (Å²) in [6.45, 7) is 6.49. The summed E-state index contributed by atoms with van der Waals surface area (Å²) < 4.78 is 1.56. The van der Waals surface area contributed by atoms with E-state index in [0.29, 0.717) is 13.1 Å². The minimum absolute atomic E-state index is 0.0199. The Labute approximate surface area is 199 Å². The van der Waals surface area contributed by atoms with Crippen LogP contribution < -0.4 is 16.5 Å². The molecule has 33 heavy (non-hydrogen) atoms. The summed E-state index contributed by atoms with van der Waals surface area (Å²) in [5.74, 6) is -0.292. The fourth-order valence-electron chi connectivity index (χ4n) is 4.39. The Morgan fingerprint density at radius 2 is 1.88 bits per heavy atom. The first-order chi connectivity index (χ1) is 16.0. The Bertz CT molecular complexity index is 914. The van der Waals surface area contributed by atoms with Crippen molar-refractivity contribution in [2.75, 3.05) is 43.5 Å². The molecule has 4 rings (SSSR count). The number of aromatic nitrogens is 1. The molecule has 8 nitrogen and oxygen atoms in total. The van der Waals surface area contributed by atoms with Crippen molar-refractivity contribution in [3.8, 4) is 0 Å². The number of thioether (sulfide) groups is 1. The maximum absolute atomic E-state index is 12.9. The molecule has 1 unspecified atom stereocenters. The molecule has 0 aliphatic carbocycles. The van der Waals surface area contributed by atoms with Gasteiger partial charge in [-0.05, 0) is 69.1 Å². The average Bonchev–Trinajstić information content (AvgIpc) is 3.59. The summed E-state index contributed by atoms with van der Waals surface area (Å²) in [6.07, 6.45) is 7.17. The highest BCUT2D eigenvalue weighted by Crippen LogP contribution is 2.33. The van der Waals surface area contributed by atoms with E-state index in [2.05, 4.69) is 39.9 Å². The second kappa shape index (κ2) is 11.1. The van der Waals surface area contributed by atoms with Crippen molar-refractivity contribution in [2.45, 2.75) is 42.9 Å². The molecule has 2 saturated heterocycles. The Hall–Kier alpha value is -2.49. The number of anilines is 1. The number of benzene rings is 1. The summed E-state index contributed by atoms with van der Waals surface area (Å²) in [5, 5.41) is 2.71. The van der Waals surface area contributed by atoms with Crippen molar-refractivity contribution < 1.29 is 9.59 Å². The van der Waals surface area contributed by atoms with E-state index in [-0.39, 0.29) is 17.1 Å². The van der Waals surface area contributed by atoms with E-state index < -0.39 is 11.4 Å². The normalized spacial score (nSPS) is 22.0. The second-order valence-electron chi connectivity index (χ2n) is 8.61. The number of nitrogens with two attached hydrogens (primary N) is 1. The fraction of sp³-hybridized carbons (Fsp3) is 0.500. The lowest BCUT2D eigenvalue weighted by atomic mass is 10.1. The number of hydrogen-bond acceptors (Lipinski definition) is 6. The van der Waals surface area contributed by atoms with E-state index in [4.69, 9.17) is 5.73 Å². The number of nitrogens with one attached hydrogen (secondary N) is 2. The highest BCUT2D eigenvalue weighted by molar-refractivity contribution is 8.01. The molecular weight excluding hydrogens is 436 g/mol. The van der Waals surface area contributed by atoms with Gasteiger partial charge in [0, 0.05) is 37.7 Å². The number of hydrogen-bond donors (Lipinski definition) is 3. The number of carbonyl (C=O) groups is 2. The zero-order chi connectivity index (χ0) is 23.2. The van der Waals surface area contributed by atoms with E-state index >= 15 is 0 Å². The van der Waals surface area contributed by atoms with Gasteiger partial charge >= 0.3 is 0 Å². The first-order valence-corrected chi connectivity index (χ1v) is 12.7. The number of likely N-dealkylation sites (tertiary alicyclic amines) is 1. The highest BCUT2D eigenvalue weighted by Gasteiger charge is 2.44. The van der Waals surface area contributed by atoms with E-state index in [1.165, 1.54) is 43.3 Å². The SMILES string of the molecule is CCN1C(=O)[C@@H](CNc2ccc(CCN3CCCC3)cc2)SC1[C@H](N)C(=O)Nn1cccc1. The minimum Gasteiger partial charge on any atom is -0.383 e. The van der Waals surface area contributed by atoms with E-state index in [9.17, 15) is 9.59 Å². The van der Waals surface area contributed by atoms with Crippen LogP contribution in [-0.2, 0) is 16.0 Å². The van der Waals surface area contributed by atoms with Crippen LogP contribution in [0.5, 0.6) is 0 Å². The Morgan fingerprint density at radius 3 is 2.55 bits per heavy atom. The monoisotopic (exact) mass is 470 g/mol. The molecule has 178 valence electrons. The zero-order valence-electron chi connectivity index (χ0n) is 19.2. The molecule has 4 N–H and O–H groups in total. The van der Waals surface area contributed by atoms with E-state index in [0.717, 1.165) is 18.7 Å². The lowest BCUT2D eigenvalue weighted by molar-refractivity contribution is -0.130. The number of carbonyl (C=O) groups excluding carboxylic acids is 2. The van der Waals surface area contributed by atoms with Crippen molar-refractivity contribution in [1.82, 2.24) is 14.5 Å². The standard InChI is InChI=1S/C24H34N6O2S/c1-2-30-23(32)20(33-24(30)21(25)22(31)27-29-14-5-6-15-29)17-26-19-9-7-18(8-10-19)11-16-28-12-3-4-13-28/h5-10,14-15,20-21,24,26H,2-4,11-13,16-17,25H2,1H3,(H,27,31)/t20-,21-,24?/m1/s1. The maximum atomic E-state index is 12.9. The van der Waals surface area contributed by atoms with Crippen LogP contribution in [0.2, 0.25) is 0 Å². The molecule has 2 aromatic rings. The number of rotatable bonds is 10. The molecule has 3 atom stereocenters. The molecule has 2 aliphatic heterocycles. The highest BCUT2D eigenvalue weighted by atomic mass is 32.2. The average molecular weight is 471 g/mol. The van der Waals surface area contributed by atoms with Gasteiger partial charge in [0.15, 0.2) is 0 Å². The van der Waals surface area contributed by atoms with Gasteiger partial charge in [-0.25, -0.2) is 0 Å². The molecule has 9 heteroatoms. The van der Waals surface area contributed by atoms with E-state index in [1.807, 2.05) is 19.1 Å². The molecule has 3 heterocycles. The van der Waals surface area contributed by atoms with Crippen LogP contribution in [0.3, 0.4) is 0 Å². The molecule has 1 aromatic heterocycles. The third kappa shape index (κ3) is 5.90. The minimum atomic E-state index is -0.818. The Balaban J connectivity index is 1.28. The van der Waals surface area contributed by atoms with E-state index in [1.54, 1.807) is 22.0 Å². The molecule has 0 saturated carbocycles. The van der Waals surface area contributed by atoms with Crippen LogP contribution in [0.1, 0.15) is 25.3 Å². The summed E-state index contributed by atoms with van der Waals surface area (Å²) in [5.41, 5.74) is 11.3. The quantitative estimate of drug-likeness (QED) is 0.491. The molecular formula is C24H34N6O2S. The van der Waals surface area contributed by atoms with Gasteiger partial charge in [0.05, 0.1) is 0 Å². The number of likely N-dealkylation sites (N-methyl/N-ethyl adjacent to an activating group) is 1. The lowest BCUT2D eigenvalue weighted by Gasteiger charge is -2.26. The number of nitrogens with zero attached hydrogens (tertiary/aromatic N) is 3. The third-order valence-electron chi connectivity index (χ3n) is 6.32. The molecule has 0 radical (unpaired) electrons. The van der Waals surface area contributed by atoms with Gasteiger partial charge in [0.2, 0.25) is 5.91 Å². The molecule has 2 aliphatic rings. The molecule has 0 bridgehead atoms. The summed E-state index contributed by atoms with van der Waals surface area (Å²) in [6, 6.07) is 11.3. The summed E-state index contributed by atoms with van der Waals surface area (Å²) in [4.78, 5) is 29.8. The van der Waals surface area contributed by atoms with Crippen molar-refractivity contribution in [1.29, 1.82) is 0 Å². The van der Waals surface area contributed by atoms with Crippen LogP contribution in [-0.4, -0.2) is 75.7 Å². The molecule has 1 aromatic carbocycles. The van der Waals surface area contributed by atoms with Crippen LogP contribution in [0.4, 0.5) is 5.69 Å². The smallest absolute Gasteiger partial charge is 0.258 e. The predicted molar refractivity (Wildman–Crippen MR) is 134 cm³/mol. The third-order valence-corrected chi connectivity index (χ3v) is 7.85. The van der Waals surface area contributed by atoms with Gasteiger partial charge in [-0.3, -0.25) is 19.7 Å². The lowest BCUT2D eigenvalue weighted by Crippen LogP contribution is -2.51. The molecule has 0 spiro atoms. The van der Waals surface area contributed by atoms with Crippen molar-refractivity contribution in [2.24, 2.45) is 5.73 Å². The molecule has 2 fully saturated rings. The first kappa shape index (κ1) is 23.7. The summed E-state index contributed by atoms with van der Waals surface area (Å²) in [7, 11) is 0. The topological polar surface area (TPSA) is 95.6 Å². The maximum Gasteiger partial charge on any atom is 0.258 e. The van der Waals surface area contributed by atoms with Gasteiger partial charge in [-0.15, -0.1) is 11.8 Å². The van der Waals surface area contributed by atoms with Crippen LogP contribution in [0.15, 0.2) is 48.8 Å². The van der Waals surface area contributed by atoms with Gasteiger partial charge in [-0.1, -0.05) is 12.1 Å². The van der Waals surface area contributed by atoms with Gasteiger partial charge in [0.1, 0.15) is 16.7 Å². The Kier molecular flexibility index (Phi) is 7.95. The largest absolute Gasteiger partial charge is 0.383 e. The van der Waals surface area contributed by atoms with Crippen LogP contribution >= 0.6 is 11.8 Å². The van der Waals surface area contributed by atoms with Crippen molar-refractivity contribution >= 4 is 29.3 Å². The number of amides is 2. The zero-order valence-corrected chi connectivity index (χ0v) is 20.0. The summed E-state index contributed by atoms with van der Waals surface area (Å²) >= 11 is 1.46. The van der Waals surface area contributed by atoms with Crippen LogP contribution in [0.25, 0.3) is 0 Å². The molecule has 2 amide bonds.